The first-order valence-corrected chi connectivity index (χ1v) is 6.75. The van der Waals surface area contributed by atoms with Crippen LogP contribution in [0, 0.1) is 17.1 Å². The number of rotatable bonds is 3. The molecule has 0 radical (unpaired) electrons. The first-order chi connectivity index (χ1) is 9.15. The summed E-state index contributed by atoms with van der Waals surface area (Å²) in [5, 5.41) is 8.85. The fourth-order valence-electron chi connectivity index (χ4n) is 2.62. The van der Waals surface area contributed by atoms with Crippen LogP contribution in [0.1, 0.15) is 24.5 Å². The lowest BCUT2D eigenvalue weighted by Gasteiger charge is -2.39. The van der Waals surface area contributed by atoms with Crippen LogP contribution in [0.4, 0.5) is 4.39 Å². The van der Waals surface area contributed by atoms with Crippen LogP contribution in [0.15, 0.2) is 18.2 Å². The van der Waals surface area contributed by atoms with Crippen LogP contribution in [-0.4, -0.2) is 42.5 Å². The summed E-state index contributed by atoms with van der Waals surface area (Å²) in [6.07, 6.45) is 1.10. The minimum Gasteiger partial charge on any atom is -0.301 e. The number of halogens is 1. The molecule has 1 atom stereocenters. The van der Waals surface area contributed by atoms with E-state index in [1.807, 2.05) is 6.07 Å². The average molecular weight is 261 g/mol. The van der Waals surface area contributed by atoms with Crippen molar-refractivity contribution >= 4 is 0 Å². The summed E-state index contributed by atoms with van der Waals surface area (Å²) in [5.74, 6) is -0.364. The van der Waals surface area contributed by atoms with Crippen molar-refractivity contribution in [3.8, 4) is 6.07 Å². The van der Waals surface area contributed by atoms with Crippen LogP contribution in [0.2, 0.25) is 0 Å². The van der Waals surface area contributed by atoms with Gasteiger partial charge < -0.3 is 4.90 Å². The van der Waals surface area contributed by atoms with Gasteiger partial charge in [0.2, 0.25) is 0 Å². The van der Waals surface area contributed by atoms with Gasteiger partial charge in [-0.3, -0.25) is 4.90 Å². The molecule has 0 amide bonds. The van der Waals surface area contributed by atoms with Crippen molar-refractivity contribution in [3.63, 3.8) is 0 Å². The standard InChI is InChI=1S/C15H20FN3/c1-3-14-11-19(8-7-18(14)2)10-13-6-4-5-12(9-17)15(13)16/h4-6,14H,3,7-8,10-11H2,1-2H3. The Morgan fingerprint density at radius 1 is 1.42 bits per heavy atom. The van der Waals surface area contributed by atoms with Gasteiger partial charge in [-0.25, -0.2) is 4.39 Å². The highest BCUT2D eigenvalue weighted by Gasteiger charge is 2.23. The summed E-state index contributed by atoms with van der Waals surface area (Å²) >= 11 is 0. The van der Waals surface area contributed by atoms with Gasteiger partial charge in [0.1, 0.15) is 11.9 Å². The Balaban J connectivity index is 2.08. The van der Waals surface area contributed by atoms with Crippen molar-refractivity contribution in [1.82, 2.24) is 9.80 Å². The maximum absolute atomic E-state index is 14.0. The molecule has 1 heterocycles. The van der Waals surface area contributed by atoms with Crippen LogP contribution < -0.4 is 0 Å². The molecule has 1 aromatic carbocycles. The Kier molecular flexibility index (Phi) is 4.52. The molecule has 1 aromatic rings. The van der Waals surface area contributed by atoms with Crippen LogP contribution in [0.5, 0.6) is 0 Å². The Morgan fingerprint density at radius 2 is 2.21 bits per heavy atom. The van der Waals surface area contributed by atoms with E-state index in [-0.39, 0.29) is 11.4 Å². The molecular formula is C15H20FN3. The third-order valence-corrected chi connectivity index (χ3v) is 3.93. The second kappa shape index (κ2) is 6.14. The Labute approximate surface area is 114 Å². The maximum Gasteiger partial charge on any atom is 0.145 e. The number of nitriles is 1. The smallest absolute Gasteiger partial charge is 0.145 e. The fourth-order valence-corrected chi connectivity index (χ4v) is 2.62. The number of hydrogen-bond donors (Lipinski definition) is 0. The molecule has 1 fully saturated rings. The van der Waals surface area contributed by atoms with Crippen LogP contribution in [-0.2, 0) is 6.54 Å². The van der Waals surface area contributed by atoms with E-state index in [2.05, 4.69) is 23.8 Å². The molecule has 1 aliphatic heterocycles. The van der Waals surface area contributed by atoms with Crippen molar-refractivity contribution in [2.24, 2.45) is 0 Å². The van der Waals surface area contributed by atoms with Crippen LogP contribution in [0.3, 0.4) is 0 Å². The summed E-state index contributed by atoms with van der Waals surface area (Å²) in [7, 11) is 2.14. The fraction of sp³-hybridized carbons (Fsp3) is 0.533. The van der Waals surface area contributed by atoms with Crippen LogP contribution >= 0.6 is 0 Å². The minimum absolute atomic E-state index is 0.138. The van der Waals surface area contributed by atoms with Gasteiger partial charge in [0.15, 0.2) is 0 Å². The first-order valence-electron chi connectivity index (χ1n) is 6.75. The second-order valence-electron chi connectivity index (χ2n) is 5.17. The van der Waals surface area contributed by atoms with Gasteiger partial charge in [-0.2, -0.15) is 5.26 Å². The zero-order valence-corrected chi connectivity index (χ0v) is 11.6. The van der Waals surface area contributed by atoms with Crippen LogP contribution in [0.25, 0.3) is 0 Å². The highest BCUT2D eigenvalue weighted by Crippen LogP contribution is 2.17. The number of likely N-dealkylation sites (N-methyl/N-ethyl adjacent to an activating group) is 1. The van der Waals surface area contributed by atoms with Gasteiger partial charge in [0.05, 0.1) is 5.56 Å². The molecular weight excluding hydrogens is 241 g/mol. The van der Waals surface area contributed by atoms with E-state index in [0.29, 0.717) is 18.2 Å². The molecule has 0 bridgehead atoms. The zero-order chi connectivity index (χ0) is 13.8. The van der Waals surface area contributed by atoms with Crippen molar-refractivity contribution in [3.05, 3.63) is 35.1 Å². The summed E-state index contributed by atoms with van der Waals surface area (Å²) < 4.78 is 14.0. The molecule has 1 unspecified atom stereocenters. The largest absolute Gasteiger partial charge is 0.301 e. The van der Waals surface area contributed by atoms with E-state index >= 15 is 0 Å². The summed E-state index contributed by atoms with van der Waals surface area (Å²) in [4.78, 5) is 4.63. The lowest BCUT2D eigenvalue weighted by molar-refractivity contribution is 0.0876. The van der Waals surface area contributed by atoms with E-state index < -0.39 is 0 Å². The molecule has 0 saturated carbocycles. The van der Waals surface area contributed by atoms with Crippen molar-refractivity contribution in [1.29, 1.82) is 5.26 Å². The summed E-state index contributed by atoms with van der Waals surface area (Å²) in [6.45, 7) is 5.69. The molecule has 1 aliphatic rings. The molecule has 4 heteroatoms. The van der Waals surface area contributed by atoms with Crippen molar-refractivity contribution < 1.29 is 4.39 Å². The van der Waals surface area contributed by atoms with Gasteiger partial charge in [-0.1, -0.05) is 19.1 Å². The normalized spacial score (nSPS) is 21.3. The van der Waals surface area contributed by atoms with Gasteiger partial charge in [-0.15, -0.1) is 0 Å². The number of piperazine rings is 1. The lowest BCUT2D eigenvalue weighted by Crippen LogP contribution is -2.50. The Bertz CT molecular complexity index is 481. The summed E-state index contributed by atoms with van der Waals surface area (Å²) in [6, 6.07) is 7.49. The van der Waals surface area contributed by atoms with Gasteiger partial charge >= 0.3 is 0 Å². The molecule has 2 rings (SSSR count). The van der Waals surface area contributed by atoms with Gasteiger partial charge in [0, 0.05) is 37.8 Å². The number of benzene rings is 1. The Hall–Kier alpha value is -1.44. The van der Waals surface area contributed by atoms with Crippen molar-refractivity contribution in [2.45, 2.75) is 25.9 Å². The lowest BCUT2D eigenvalue weighted by atomic mass is 10.1. The van der Waals surface area contributed by atoms with E-state index in [1.165, 1.54) is 6.07 Å². The molecule has 0 N–H and O–H groups in total. The van der Waals surface area contributed by atoms with Gasteiger partial charge in [-0.05, 0) is 19.5 Å². The number of nitrogens with zero attached hydrogens (tertiary/aromatic N) is 3. The maximum atomic E-state index is 14.0. The zero-order valence-electron chi connectivity index (χ0n) is 11.6. The second-order valence-corrected chi connectivity index (χ2v) is 5.17. The third-order valence-electron chi connectivity index (χ3n) is 3.93. The van der Waals surface area contributed by atoms with E-state index in [1.54, 1.807) is 12.1 Å². The highest BCUT2D eigenvalue weighted by atomic mass is 19.1. The Morgan fingerprint density at radius 3 is 2.89 bits per heavy atom. The molecule has 102 valence electrons. The predicted octanol–water partition coefficient (Wildman–Crippen LogP) is 2.22. The summed E-state index contributed by atoms with van der Waals surface area (Å²) in [5.41, 5.74) is 0.761. The monoisotopic (exact) mass is 261 g/mol. The molecule has 0 aliphatic carbocycles. The average Bonchev–Trinajstić information content (AvgIpc) is 2.43. The van der Waals surface area contributed by atoms with Crippen molar-refractivity contribution in [2.75, 3.05) is 26.7 Å². The van der Waals surface area contributed by atoms with E-state index in [9.17, 15) is 4.39 Å². The minimum atomic E-state index is -0.364. The number of hydrogen-bond acceptors (Lipinski definition) is 3. The van der Waals surface area contributed by atoms with E-state index in [0.717, 1.165) is 26.1 Å². The molecule has 0 spiro atoms. The topological polar surface area (TPSA) is 30.3 Å². The van der Waals surface area contributed by atoms with E-state index in [4.69, 9.17) is 5.26 Å². The molecule has 3 nitrogen and oxygen atoms in total. The quantitative estimate of drug-likeness (QED) is 0.836. The SMILES string of the molecule is CCC1CN(Cc2cccc(C#N)c2F)CCN1C. The predicted molar refractivity (Wildman–Crippen MR) is 73.1 cm³/mol. The molecule has 1 saturated heterocycles. The third kappa shape index (κ3) is 3.12. The molecule has 19 heavy (non-hydrogen) atoms. The molecule has 0 aromatic heterocycles. The highest BCUT2D eigenvalue weighted by molar-refractivity contribution is 5.34. The first kappa shape index (κ1) is 14.0. The van der Waals surface area contributed by atoms with Gasteiger partial charge in [0.25, 0.3) is 0 Å².